The predicted molar refractivity (Wildman–Crippen MR) is 80.8 cm³/mol. The topological polar surface area (TPSA) is 21.3 Å². The van der Waals surface area contributed by atoms with Gasteiger partial charge in [-0.3, -0.25) is 0 Å². The van der Waals surface area contributed by atoms with Crippen LogP contribution in [0.3, 0.4) is 0 Å². The van der Waals surface area contributed by atoms with Gasteiger partial charge in [-0.2, -0.15) is 0 Å². The van der Waals surface area contributed by atoms with E-state index in [1.165, 1.54) is 23.3 Å². The molecule has 0 aromatic heterocycles. The van der Waals surface area contributed by atoms with Gasteiger partial charge in [-0.15, -0.1) is 0 Å². The third kappa shape index (κ3) is 3.50. The summed E-state index contributed by atoms with van der Waals surface area (Å²) in [5.41, 5.74) is 4.45. The molecule has 0 saturated heterocycles. The maximum absolute atomic E-state index is 12.8. The van der Waals surface area contributed by atoms with Crippen LogP contribution in [0.5, 0.6) is 5.75 Å². The standard InChI is InChI=1S/C17H20FNO/c1-4-20-17-10-12(2)14(9-13(17)3)11-19-16-7-5-15(18)6-8-16/h5-10,19H,4,11H2,1-3H3. The SMILES string of the molecule is CCOc1cc(C)c(CNc2ccc(F)cc2)cc1C. The van der Waals surface area contributed by atoms with Crippen LogP contribution in [0.4, 0.5) is 10.1 Å². The number of halogens is 1. The van der Waals surface area contributed by atoms with Gasteiger partial charge >= 0.3 is 0 Å². The van der Waals surface area contributed by atoms with Crippen molar-refractivity contribution >= 4 is 5.69 Å². The van der Waals surface area contributed by atoms with Gasteiger partial charge in [0.15, 0.2) is 0 Å². The van der Waals surface area contributed by atoms with E-state index >= 15 is 0 Å². The first-order valence-corrected chi connectivity index (χ1v) is 6.82. The highest BCUT2D eigenvalue weighted by molar-refractivity contribution is 5.46. The van der Waals surface area contributed by atoms with Crippen molar-refractivity contribution in [2.75, 3.05) is 11.9 Å². The molecule has 0 fully saturated rings. The summed E-state index contributed by atoms with van der Waals surface area (Å²) in [6, 6.07) is 10.6. The number of nitrogens with one attached hydrogen (secondary N) is 1. The van der Waals surface area contributed by atoms with E-state index in [9.17, 15) is 4.39 Å². The zero-order chi connectivity index (χ0) is 14.5. The normalized spacial score (nSPS) is 10.4. The average Bonchev–Trinajstić information content (AvgIpc) is 2.43. The molecule has 20 heavy (non-hydrogen) atoms. The summed E-state index contributed by atoms with van der Waals surface area (Å²) in [6.45, 7) is 7.49. The Hall–Kier alpha value is -2.03. The van der Waals surface area contributed by atoms with E-state index in [1.807, 2.05) is 13.8 Å². The minimum atomic E-state index is -0.219. The molecule has 0 saturated carbocycles. The fourth-order valence-electron chi connectivity index (χ4n) is 2.12. The lowest BCUT2D eigenvalue weighted by Gasteiger charge is -2.13. The van der Waals surface area contributed by atoms with Crippen molar-refractivity contribution < 1.29 is 9.13 Å². The largest absolute Gasteiger partial charge is 0.494 e. The Bertz CT molecular complexity index is 578. The second-order valence-electron chi connectivity index (χ2n) is 4.84. The molecule has 3 heteroatoms. The van der Waals surface area contributed by atoms with Gasteiger partial charge in [0, 0.05) is 12.2 Å². The monoisotopic (exact) mass is 273 g/mol. The molecule has 0 radical (unpaired) electrons. The Morgan fingerprint density at radius 2 is 1.75 bits per heavy atom. The smallest absolute Gasteiger partial charge is 0.123 e. The molecule has 0 bridgehead atoms. The Balaban J connectivity index is 2.09. The summed E-state index contributed by atoms with van der Waals surface area (Å²) < 4.78 is 18.4. The molecule has 0 atom stereocenters. The van der Waals surface area contributed by atoms with Gasteiger partial charge in [0.2, 0.25) is 0 Å². The number of hydrogen-bond acceptors (Lipinski definition) is 2. The van der Waals surface area contributed by atoms with Crippen molar-refractivity contribution in [1.82, 2.24) is 0 Å². The first-order chi connectivity index (χ1) is 9.60. The Labute approximate surface area is 119 Å². The lowest BCUT2D eigenvalue weighted by molar-refractivity contribution is 0.337. The van der Waals surface area contributed by atoms with Gasteiger partial charge in [-0.1, -0.05) is 6.07 Å². The summed E-state index contributed by atoms with van der Waals surface area (Å²) in [5, 5.41) is 3.30. The fraction of sp³-hybridized carbons (Fsp3) is 0.294. The maximum Gasteiger partial charge on any atom is 0.123 e. The average molecular weight is 273 g/mol. The molecule has 0 aliphatic rings. The van der Waals surface area contributed by atoms with Crippen LogP contribution in [0, 0.1) is 19.7 Å². The summed E-state index contributed by atoms with van der Waals surface area (Å²) in [7, 11) is 0. The van der Waals surface area contributed by atoms with E-state index in [0.717, 1.165) is 17.0 Å². The minimum Gasteiger partial charge on any atom is -0.494 e. The summed E-state index contributed by atoms with van der Waals surface area (Å²) in [4.78, 5) is 0. The molecule has 2 aromatic rings. The molecular formula is C17H20FNO. The second kappa shape index (κ2) is 6.42. The van der Waals surface area contributed by atoms with Crippen LogP contribution < -0.4 is 10.1 Å². The molecule has 0 heterocycles. The van der Waals surface area contributed by atoms with Gasteiger partial charge in [0.05, 0.1) is 6.61 Å². The molecule has 0 aliphatic carbocycles. The molecule has 0 aliphatic heterocycles. The highest BCUT2D eigenvalue weighted by Gasteiger charge is 2.05. The summed E-state index contributed by atoms with van der Waals surface area (Å²) in [6.07, 6.45) is 0. The van der Waals surface area contributed by atoms with E-state index in [-0.39, 0.29) is 5.82 Å². The second-order valence-corrected chi connectivity index (χ2v) is 4.84. The van der Waals surface area contributed by atoms with Crippen LogP contribution in [0.1, 0.15) is 23.6 Å². The molecule has 2 nitrogen and oxygen atoms in total. The highest BCUT2D eigenvalue weighted by Crippen LogP contribution is 2.23. The Kier molecular flexibility index (Phi) is 4.61. The number of benzene rings is 2. The number of aryl methyl sites for hydroxylation is 2. The highest BCUT2D eigenvalue weighted by atomic mass is 19.1. The van der Waals surface area contributed by atoms with Crippen LogP contribution in [-0.4, -0.2) is 6.61 Å². The summed E-state index contributed by atoms with van der Waals surface area (Å²) in [5.74, 6) is 0.721. The van der Waals surface area contributed by atoms with Gasteiger partial charge < -0.3 is 10.1 Å². The lowest BCUT2D eigenvalue weighted by Crippen LogP contribution is -2.03. The molecule has 0 amide bonds. The number of rotatable bonds is 5. The van der Waals surface area contributed by atoms with E-state index in [2.05, 4.69) is 24.4 Å². The van der Waals surface area contributed by atoms with Crippen molar-refractivity contribution in [3.63, 3.8) is 0 Å². The van der Waals surface area contributed by atoms with Gasteiger partial charge in [-0.05, 0) is 67.8 Å². The minimum absolute atomic E-state index is 0.219. The molecule has 0 spiro atoms. The van der Waals surface area contributed by atoms with Crippen molar-refractivity contribution in [1.29, 1.82) is 0 Å². The molecule has 0 unspecified atom stereocenters. The third-order valence-corrected chi connectivity index (χ3v) is 3.26. The van der Waals surface area contributed by atoms with Gasteiger partial charge in [0.25, 0.3) is 0 Å². The first kappa shape index (κ1) is 14.4. The zero-order valence-electron chi connectivity index (χ0n) is 12.2. The fourth-order valence-corrected chi connectivity index (χ4v) is 2.12. The number of hydrogen-bond donors (Lipinski definition) is 1. The summed E-state index contributed by atoms with van der Waals surface area (Å²) >= 11 is 0. The van der Waals surface area contributed by atoms with Crippen molar-refractivity contribution in [2.24, 2.45) is 0 Å². The van der Waals surface area contributed by atoms with Crippen molar-refractivity contribution in [3.8, 4) is 5.75 Å². The van der Waals surface area contributed by atoms with Crippen LogP contribution in [-0.2, 0) is 6.54 Å². The van der Waals surface area contributed by atoms with Crippen LogP contribution in [0.25, 0.3) is 0 Å². The van der Waals surface area contributed by atoms with E-state index in [4.69, 9.17) is 4.74 Å². The van der Waals surface area contributed by atoms with E-state index in [0.29, 0.717) is 13.2 Å². The van der Waals surface area contributed by atoms with Gasteiger partial charge in [-0.25, -0.2) is 4.39 Å². The Morgan fingerprint density at radius 3 is 2.40 bits per heavy atom. The zero-order valence-corrected chi connectivity index (χ0v) is 12.2. The molecule has 1 N–H and O–H groups in total. The first-order valence-electron chi connectivity index (χ1n) is 6.82. The predicted octanol–water partition coefficient (Wildman–Crippen LogP) is 4.45. The molecule has 2 rings (SSSR count). The van der Waals surface area contributed by atoms with Crippen LogP contribution in [0.15, 0.2) is 36.4 Å². The lowest BCUT2D eigenvalue weighted by atomic mass is 10.0. The van der Waals surface area contributed by atoms with E-state index < -0.39 is 0 Å². The Morgan fingerprint density at radius 1 is 1.05 bits per heavy atom. The molecule has 106 valence electrons. The third-order valence-electron chi connectivity index (χ3n) is 3.26. The maximum atomic E-state index is 12.8. The number of ether oxygens (including phenoxy) is 1. The van der Waals surface area contributed by atoms with E-state index in [1.54, 1.807) is 12.1 Å². The molecule has 2 aromatic carbocycles. The molecular weight excluding hydrogens is 253 g/mol. The number of anilines is 1. The quantitative estimate of drug-likeness (QED) is 0.868. The van der Waals surface area contributed by atoms with Crippen molar-refractivity contribution in [2.45, 2.75) is 27.3 Å². The van der Waals surface area contributed by atoms with Gasteiger partial charge in [0.1, 0.15) is 11.6 Å². The van der Waals surface area contributed by atoms with Crippen LogP contribution >= 0.6 is 0 Å². The van der Waals surface area contributed by atoms with Crippen LogP contribution in [0.2, 0.25) is 0 Å². The van der Waals surface area contributed by atoms with Crippen molar-refractivity contribution in [3.05, 3.63) is 58.9 Å².